The molecule has 6 heteroatoms. The highest BCUT2D eigenvalue weighted by molar-refractivity contribution is 5.95. The Morgan fingerprint density at radius 1 is 1.50 bits per heavy atom. The summed E-state index contributed by atoms with van der Waals surface area (Å²) >= 11 is 0. The second-order valence-electron chi connectivity index (χ2n) is 5.76. The van der Waals surface area contributed by atoms with Crippen molar-refractivity contribution in [3.8, 4) is 11.4 Å². The zero-order valence-electron chi connectivity index (χ0n) is 12.7. The number of benzene rings is 1. The highest BCUT2D eigenvalue weighted by Gasteiger charge is 2.29. The van der Waals surface area contributed by atoms with Crippen LogP contribution < -0.4 is 0 Å². The van der Waals surface area contributed by atoms with Crippen LogP contribution in [0.3, 0.4) is 0 Å². The molecule has 0 radical (unpaired) electrons. The summed E-state index contributed by atoms with van der Waals surface area (Å²) in [4.78, 5) is 18.3. The number of hydrogen-bond donors (Lipinski definition) is 1. The van der Waals surface area contributed by atoms with Gasteiger partial charge < -0.3 is 14.5 Å². The Morgan fingerprint density at radius 3 is 2.95 bits per heavy atom. The van der Waals surface area contributed by atoms with Gasteiger partial charge in [0.15, 0.2) is 0 Å². The average molecular weight is 301 g/mol. The van der Waals surface area contributed by atoms with Crippen LogP contribution in [0.25, 0.3) is 11.4 Å². The topological polar surface area (TPSA) is 79.5 Å². The second-order valence-corrected chi connectivity index (χ2v) is 5.76. The van der Waals surface area contributed by atoms with Gasteiger partial charge in [-0.05, 0) is 31.9 Å². The van der Waals surface area contributed by atoms with Crippen LogP contribution in [0.15, 0.2) is 28.8 Å². The summed E-state index contributed by atoms with van der Waals surface area (Å²) in [5.74, 6) is 1.45. The van der Waals surface area contributed by atoms with Crippen LogP contribution in [-0.4, -0.2) is 45.8 Å². The fourth-order valence-electron chi connectivity index (χ4n) is 2.17. The number of aliphatic hydroxyl groups is 1. The zero-order chi connectivity index (χ0) is 15.7. The van der Waals surface area contributed by atoms with Gasteiger partial charge in [0.25, 0.3) is 5.91 Å². The van der Waals surface area contributed by atoms with Crippen molar-refractivity contribution in [3.63, 3.8) is 0 Å². The van der Waals surface area contributed by atoms with Crippen molar-refractivity contribution in [2.24, 2.45) is 0 Å². The van der Waals surface area contributed by atoms with E-state index in [0.717, 1.165) is 18.4 Å². The summed E-state index contributed by atoms with van der Waals surface area (Å²) in [6.07, 6.45) is 2.20. The summed E-state index contributed by atoms with van der Waals surface area (Å²) in [7, 11) is 1.68. The van der Waals surface area contributed by atoms with Gasteiger partial charge in [-0.15, -0.1) is 0 Å². The fraction of sp³-hybridized carbons (Fsp3) is 0.438. The third-order valence-electron chi connectivity index (χ3n) is 3.98. The molecule has 0 spiro atoms. The van der Waals surface area contributed by atoms with Crippen molar-refractivity contribution in [1.82, 2.24) is 15.0 Å². The zero-order valence-corrected chi connectivity index (χ0v) is 12.7. The molecule has 0 bridgehead atoms. The Hall–Kier alpha value is -2.21. The summed E-state index contributed by atoms with van der Waals surface area (Å²) in [6.45, 7) is 1.72. The van der Waals surface area contributed by atoms with Crippen LogP contribution in [0, 0.1) is 0 Å². The molecule has 1 aliphatic carbocycles. The van der Waals surface area contributed by atoms with Gasteiger partial charge in [0.2, 0.25) is 11.7 Å². The first-order chi connectivity index (χ1) is 10.6. The lowest BCUT2D eigenvalue weighted by Crippen LogP contribution is -2.37. The van der Waals surface area contributed by atoms with Crippen molar-refractivity contribution in [1.29, 1.82) is 0 Å². The first kappa shape index (κ1) is 14.7. The number of amides is 1. The highest BCUT2D eigenvalue weighted by atomic mass is 16.5. The molecule has 1 atom stereocenters. The molecule has 3 rings (SSSR count). The predicted molar refractivity (Wildman–Crippen MR) is 80.4 cm³/mol. The second kappa shape index (κ2) is 5.88. The van der Waals surface area contributed by atoms with Gasteiger partial charge >= 0.3 is 0 Å². The van der Waals surface area contributed by atoms with E-state index in [4.69, 9.17) is 9.63 Å². The summed E-state index contributed by atoms with van der Waals surface area (Å²) in [5, 5.41) is 13.2. The van der Waals surface area contributed by atoms with Crippen molar-refractivity contribution >= 4 is 5.91 Å². The summed E-state index contributed by atoms with van der Waals surface area (Å²) < 4.78 is 5.26. The molecule has 0 aliphatic heterocycles. The van der Waals surface area contributed by atoms with Crippen molar-refractivity contribution < 1.29 is 14.4 Å². The average Bonchev–Trinajstić information content (AvgIpc) is 3.30. The molecule has 1 fully saturated rings. The monoisotopic (exact) mass is 301 g/mol. The van der Waals surface area contributed by atoms with Crippen molar-refractivity contribution in [2.45, 2.75) is 31.7 Å². The molecule has 1 heterocycles. The van der Waals surface area contributed by atoms with Gasteiger partial charge in [-0.25, -0.2) is 0 Å². The number of aromatic nitrogens is 2. The van der Waals surface area contributed by atoms with Crippen LogP contribution in [0.1, 0.15) is 41.9 Å². The lowest BCUT2D eigenvalue weighted by atomic mass is 10.1. The van der Waals surface area contributed by atoms with E-state index in [2.05, 4.69) is 10.1 Å². The van der Waals surface area contributed by atoms with Gasteiger partial charge in [0.1, 0.15) is 0 Å². The Bertz CT molecular complexity index is 679. The number of rotatable bonds is 5. The maximum atomic E-state index is 12.4. The molecule has 6 nitrogen and oxygen atoms in total. The fourth-order valence-corrected chi connectivity index (χ4v) is 2.17. The quantitative estimate of drug-likeness (QED) is 0.914. The van der Waals surface area contributed by atoms with Gasteiger partial charge in [-0.2, -0.15) is 4.98 Å². The molecular formula is C16H19N3O3. The van der Waals surface area contributed by atoms with Gasteiger partial charge in [-0.1, -0.05) is 17.3 Å². The van der Waals surface area contributed by atoms with Crippen LogP contribution in [0.5, 0.6) is 0 Å². The largest absolute Gasteiger partial charge is 0.394 e. The van der Waals surface area contributed by atoms with E-state index in [-0.39, 0.29) is 18.6 Å². The SMILES string of the molecule is CC(CO)N(C)C(=O)c1cccc(-c2noc(C3CC3)n2)c1. The van der Waals surface area contributed by atoms with Gasteiger partial charge in [-0.3, -0.25) is 4.79 Å². The number of carbonyl (C=O) groups is 1. The van der Waals surface area contributed by atoms with Crippen LogP contribution in [-0.2, 0) is 0 Å². The minimum atomic E-state index is -0.234. The van der Waals surface area contributed by atoms with Gasteiger partial charge in [0.05, 0.1) is 12.6 Å². The molecule has 22 heavy (non-hydrogen) atoms. The highest BCUT2D eigenvalue weighted by Crippen LogP contribution is 2.39. The van der Waals surface area contributed by atoms with E-state index < -0.39 is 0 Å². The predicted octanol–water partition coefficient (Wildman–Crippen LogP) is 2.07. The Morgan fingerprint density at radius 2 is 2.27 bits per heavy atom. The summed E-state index contributed by atoms with van der Waals surface area (Å²) in [5.41, 5.74) is 1.30. The van der Waals surface area contributed by atoms with Crippen LogP contribution in [0.4, 0.5) is 0 Å². The third-order valence-corrected chi connectivity index (χ3v) is 3.98. The Labute approximate surface area is 128 Å². The van der Waals surface area contributed by atoms with Crippen molar-refractivity contribution in [2.75, 3.05) is 13.7 Å². The molecule has 1 aromatic heterocycles. The molecule has 1 aliphatic rings. The number of nitrogens with zero attached hydrogens (tertiary/aromatic N) is 3. The molecular weight excluding hydrogens is 282 g/mol. The van der Waals surface area contributed by atoms with E-state index >= 15 is 0 Å². The third kappa shape index (κ3) is 2.87. The minimum absolute atomic E-state index is 0.0719. The molecule has 1 unspecified atom stereocenters. The minimum Gasteiger partial charge on any atom is -0.394 e. The molecule has 1 saturated carbocycles. The van der Waals surface area contributed by atoms with E-state index in [0.29, 0.717) is 23.2 Å². The van der Waals surface area contributed by atoms with E-state index in [1.54, 1.807) is 32.2 Å². The standard InChI is InChI=1S/C16H19N3O3/c1-10(9-20)19(2)16(21)13-5-3-4-12(8-13)14-17-15(22-18-14)11-6-7-11/h3-5,8,10-11,20H,6-7,9H2,1-2H3. The molecule has 1 N–H and O–H groups in total. The number of hydrogen-bond acceptors (Lipinski definition) is 5. The maximum Gasteiger partial charge on any atom is 0.253 e. The van der Waals surface area contributed by atoms with Gasteiger partial charge in [0, 0.05) is 24.1 Å². The smallest absolute Gasteiger partial charge is 0.253 e. The lowest BCUT2D eigenvalue weighted by Gasteiger charge is -2.23. The lowest BCUT2D eigenvalue weighted by molar-refractivity contribution is 0.0682. The first-order valence-electron chi connectivity index (χ1n) is 7.42. The Kier molecular flexibility index (Phi) is 3.94. The van der Waals surface area contributed by atoms with Crippen molar-refractivity contribution in [3.05, 3.63) is 35.7 Å². The molecule has 1 amide bonds. The summed E-state index contributed by atoms with van der Waals surface area (Å²) in [6, 6.07) is 6.92. The van der Waals surface area contributed by atoms with E-state index in [1.165, 1.54) is 4.90 Å². The van der Waals surface area contributed by atoms with Crippen LogP contribution >= 0.6 is 0 Å². The maximum absolute atomic E-state index is 12.4. The number of carbonyl (C=O) groups excluding carboxylic acids is 1. The molecule has 1 aromatic carbocycles. The van der Waals surface area contributed by atoms with E-state index in [1.807, 2.05) is 6.07 Å². The Balaban J connectivity index is 1.83. The van der Waals surface area contributed by atoms with Crippen LogP contribution in [0.2, 0.25) is 0 Å². The number of likely N-dealkylation sites (N-methyl/N-ethyl adjacent to an activating group) is 1. The van der Waals surface area contributed by atoms with E-state index in [9.17, 15) is 4.79 Å². The normalized spacial score (nSPS) is 15.6. The number of aliphatic hydroxyl groups excluding tert-OH is 1. The molecule has 2 aromatic rings. The first-order valence-corrected chi connectivity index (χ1v) is 7.42. The molecule has 116 valence electrons. The molecule has 0 saturated heterocycles.